The fourth-order valence-electron chi connectivity index (χ4n) is 2.87. The van der Waals surface area contributed by atoms with Crippen LogP contribution in [0, 0.1) is 0 Å². The van der Waals surface area contributed by atoms with Crippen molar-refractivity contribution in [2.75, 3.05) is 25.7 Å². The SMILES string of the molecule is CCOC(=O)Cc1csc(NN=Cc2cc(OC)c(OCC(=O)NCc3ccccc3)cc2Br)n1. The number of esters is 1. The summed E-state index contributed by atoms with van der Waals surface area (Å²) in [5.74, 6) is 0.312. The van der Waals surface area contributed by atoms with Crippen molar-refractivity contribution in [1.82, 2.24) is 10.3 Å². The Kier molecular flexibility index (Phi) is 10.1. The first kappa shape index (κ1) is 26.2. The fourth-order valence-corrected chi connectivity index (χ4v) is 3.95. The molecule has 1 aromatic heterocycles. The molecule has 0 spiro atoms. The number of methoxy groups -OCH3 is 1. The molecule has 0 bridgehead atoms. The second-order valence-electron chi connectivity index (χ2n) is 7.07. The Labute approximate surface area is 215 Å². The van der Waals surface area contributed by atoms with Gasteiger partial charge in [0, 0.05) is 22.0 Å². The van der Waals surface area contributed by atoms with Crippen LogP contribution in [-0.4, -0.2) is 43.4 Å². The van der Waals surface area contributed by atoms with Gasteiger partial charge in [0.2, 0.25) is 5.13 Å². The van der Waals surface area contributed by atoms with Crippen molar-refractivity contribution in [3.63, 3.8) is 0 Å². The van der Waals surface area contributed by atoms with Crippen molar-refractivity contribution in [2.24, 2.45) is 5.10 Å². The molecule has 184 valence electrons. The molecule has 1 amide bonds. The molecular formula is C24H25BrN4O5S. The van der Waals surface area contributed by atoms with Crippen LogP contribution in [0.1, 0.15) is 23.7 Å². The third kappa shape index (κ3) is 8.37. The number of thiazole rings is 1. The predicted octanol–water partition coefficient (Wildman–Crippen LogP) is 4.16. The largest absolute Gasteiger partial charge is 0.493 e. The number of amides is 1. The quantitative estimate of drug-likeness (QED) is 0.194. The van der Waals surface area contributed by atoms with Crippen LogP contribution in [0.3, 0.4) is 0 Å². The molecule has 0 aliphatic heterocycles. The summed E-state index contributed by atoms with van der Waals surface area (Å²) in [6, 6.07) is 13.1. The van der Waals surface area contributed by atoms with Crippen LogP contribution < -0.4 is 20.2 Å². The Hall–Kier alpha value is -3.44. The Bertz CT molecular complexity index is 1170. The number of nitrogens with zero attached hydrogens (tertiary/aromatic N) is 2. The molecule has 2 aromatic carbocycles. The number of aromatic nitrogens is 1. The van der Waals surface area contributed by atoms with Crippen LogP contribution in [0.2, 0.25) is 0 Å². The molecular weight excluding hydrogens is 536 g/mol. The minimum atomic E-state index is -0.320. The smallest absolute Gasteiger partial charge is 0.311 e. The number of anilines is 1. The van der Waals surface area contributed by atoms with Crippen LogP contribution in [-0.2, 0) is 27.3 Å². The van der Waals surface area contributed by atoms with Gasteiger partial charge in [-0.2, -0.15) is 5.10 Å². The highest BCUT2D eigenvalue weighted by molar-refractivity contribution is 9.10. The van der Waals surface area contributed by atoms with Gasteiger partial charge in [-0.1, -0.05) is 30.3 Å². The van der Waals surface area contributed by atoms with Crippen LogP contribution in [0.25, 0.3) is 0 Å². The first-order chi connectivity index (χ1) is 17.0. The Morgan fingerprint density at radius 3 is 2.74 bits per heavy atom. The minimum Gasteiger partial charge on any atom is -0.493 e. The van der Waals surface area contributed by atoms with E-state index in [-0.39, 0.29) is 24.9 Å². The number of ether oxygens (including phenoxy) is 3. The zero-order valence-electron chi connectivity index (χ0n) is 19.2. The number of halogens is 1. The number of carbonyl (C=O) groups is 2. The van der Waals surface area contributed by atoms with Gasteiger partial charge in [-0.15, -0.1) is 11.3 Å². The predicted molar refractivity (Wildman–Crippen MR) is 138 cm³/mol. The number of rotatable bonds is 12. The molecule has 0 aliphatic rings. The Morgan fingerprint density at radius 2 is 2.00 bits per heavy atom. The van der Waals surface area contributed by atoms with Gasteiger partial charge in [0.05, 0.1) is 32.0 Å². The second kappa shape index (κ2) is 13.4. The molecule has 1 heterocycles. The molecule has 2 N–H and O–H groups in total. The molecule has 0 aliphatic carbocycles. The van der Waals surface area contributed by atoms with E-state index in [0.29, 0.717) is 39.9 Å². The molecule has 0 unspecified atom stereocenters. The third-order valence-electron chi connectivity index (χ3n) is 4.52. The third-order valence-corrected chi connectivity index (χ3v) is 6.00. The highest BCUT2D eigenvalue weighted by Gasteiger charge is 2.12. The number of hydrogen-bond acceptors (Lipinski definition) is 9. The molecule has 0 radical (unpaired) electrons. The number of hydrogen-bond donors (Lipinski definition) is 2. The van der Waals surface area contributed by atoms with Crippen LogP contribution >= 0.6 is 27.3 Å². The highest BCUT2D eigenvalue weighted by Crippen LogP contribution is 2.33. The van der Waals surface area contributed by atoms with E-state index in [0.717, 1.165) is 11.1 Å². The summed E-state index contributed by atoms with van der Waals surface area (Å²) in [6.07, 6.45) is 1.71. The number of benzene rings is 2. The van der Waals surface area contributed by atoms with Crippen LogP contribution in [0.4, 0.5) is 5.13 Å². The molecule has 3 rings (SSSR count). The Morgan fingerprint density at radius 1 is 1.20 bits per heavy atom. The van der Waals surface area contributed by atoms with Crippen molar-refractivity contribution in [2.45, 2.75) is 19.9 Å². The lowest BCUT2D eigenvalue weighted by atomic mass is 10.2. The second-order valence-corrected chi connectivity index (χ2v) is 8.78. The van der Waals surface area contributed by atoms with Crippen molar-refractivity contribution in [3.8, 4) is 11.5 Å². The van der Waals surface area contributed by atoms with E-state index in [1.165, 1.54) is 18.4 Å². The van der Waals surface area contributed by atoms with Gasteiger partial charge < -0.3 is 19.5 Å². The maximum Gasteiger partial charge on any atom is 0.311 e. The lowest BCUT2D eigenvalue weighted by molar-refractivity contribution is -0.142. The van der Waals surface area contributed by atoms with E-state index in [9.17, 15) is 9.59 Å². The van der Waals surface area contributed by atoms with E-state index in [1.54, 1.807) is 30.7 Å². The summed E-state index contributed by atoms with van der Waals surface area (Å²) in [6.45, 7) is 2.37. The van der Waals surface area contributed by atoms with Gasteiger partial charge >= 0.3 is 5.97 Å². The van der Waals surface area contributed by atoms with E-state index < -0.39 is 0 Å². The fraction of sp³-hybridized carbons (Fsp3) is 0.250. The summed E-state index contributed by atoms with van der Waals surface area (Å²) < 4.78 is 16.7. The summed E-state index contributed by atoms with van der Waals surface area (Å²) in [7, 11) is 1.52. The lowest BCUT2D eigenvalue weighted by Gasteiger charge is -2.13. The normalized spacial score (nSPS) is 10.7. The molecule has 0 fully saturated rings. The van der Waals surface area contributed by atoms with Crippen molar-refractivity contribution < 1.29 is 23.8 Å². The van der Waals surface area contributed by atoms with E-state index in [2.05, 4.69) is 36.8 Å². The average molecular weight is 561 g/mol. The van der Waals surface area contributed by atoms with Gasteiger partial charge in [0.15, 0.2) is 18.1 Å². The number of hydrazone groups is 1. The first-order valence-electron chi connectivity index (χ1n) is 10.7. The first-order valence-corrected chi connectivity index (χ1v) is 12.4. The van der Waals surface area contributed by atoms with Crippen LogP contribution in [0.15, 0.2) is 57.4 Å². The molecule has 11 heteroatoms. The minimum absolute atomic E-state index is 0.115. The lowest BCUT2D eigenvalue weighted by Crippen LogP contribution is -2.28. The van der Waals surface area contributed by atoms with E-state index in [1.807, 2.05) is 30.3 Å². The van der Waals surface area contributed by atoms with E-state index in [4.69, 9.17) is 14.2 Å². The van der Waals surface area contributed by atoms with Gasteiger partial charge in [-0.25, -0.2) is 4.98 Å². The maximum absolute atomic E-state index is 12.2. The van der Waals surface area contributed by atoms with Gasteiger partial charge in [-0.05, 0) is 40.5 Å². The molecule has 0 atom stereocenters. The van der Waals surface area contributed by atoms with Gasteiger partial charge in [0.1, 0.15) is 0 Å². The number of carbonyl (C=O) groups excluding carboxylic acids is 2. The topological polar surface area (TPSA) is 111 Å². The number of nitrogens with one attached hydrogen (secondary N) is 2. The summed E-state index contributed by atoms with van der Waals surface area (Å²) in [5.41, 5.74) is 5.19. The maximum atomic E-state index is 12.2. The molecule has 3 aromatic rings. The summed E-state index contributed by atoms with van der Waals surface area (Å²) in [4.78, 5) is 28.0. The monoisotopic (exact) mass is 560 g/mol. The Balaban J connectivity index is 1.55. The van der Waals surface area contributed by atoms with Gasteiger partial charge in [-0.3, -0.25) is 15.0 Å². The molecule has 0 saturated carbocycles. The van der Waals surface area contributed by atoms with Crippen molar-refractivity contribution in [1.29, 1.82) is 0 Å². The molecule has 9 nitrogen and oxygen atoms in total. The zero-order valence-corrected chi connectivity index (χ0v) is 21.6. The standard InChI is InChI=1S/C24H25BrN4O5S/c1-3-33-23(31)10-18-15-35-24(28-18)29-27-13-17-9-20(32-2)21(11-19(17)25)34-14-22(30)26-12-16-7-5-4-6-8-16/h4-9,11,13,15H,3,10,12,14H2,1-2H3,(H,26,30)(H,28,29). The van der Waals surface area contributed by atoms with Crippen molar-refractivity contribution in [3.05, 3.63) is 69.1 Å². The average Bonchev–Trinajstić information content (AvgIpc) is 3.30. The van der Waals surface area contributed by atoms with Crippen LogP contribution in [0.5, 0.6) is 11.5 Å². The molecule has 0 saturated heterocycles. The zero-order chi connectivity index (χ0) is 25.0. The summed E-state index contributed by atoms with van der Waals surface area (Å²) in [5, 5.41) is 9.34. The van der Waals surface area contributed by atoms with Gasteiger partial charge in [0.25, 0.3) is 5.91 Å². The van der Waals surface area contributed by atoms with Crippen molar-refractivity contribution >= 4 is 50.5 Å². The molecule has 35 heavy (non-hydrogen) atoms. The highest BCUT2D eigenvalue weighted by atomic mass is 79.9. The summed E-state index contributed by atoms with van der Waals surface area (Å²) >= 11 is 4.82. The van der Waals surface area contributed by atoms with E-state index >= 15 is 0 Å².